The third-order valence-electron chi connectivity index (χ3n) is 11.1. The van der Waals surface area contributed by atoms with Gasteiger partial charge in [0.1, 0.15) is 5.75 Å². The van der Waals surface area contributed by atoms with Crippen LogP contribution in [-0.2, 0) is 24.6 Å². The molecular weight excluding hydrogens is 682 g/mol. The van der Waals surface area contributed by atoms with Crippen LogP contribution >= 0.6 is 15.9 Å². The Morgan fingerprint density at radius 3 is 2.22 bits per heavy atom. The molecule has 2 saturated heterocycles. The van der Waals surface area contributed by atoms with E-state index in [-0.39, 0.29) is 24.0 Å². The molecule has 9 heteroatoms. The van der Waals surface area contributed by atoms with Gasteiger partial charge in [0.25, 0.3) is 11.8 Å². The number of amides is 4. The minimum atomic E-state index is -1.44. The van der Waals surface area contributed by atoms with Gasteiger partial charge in [-0.25, -0.2) is 0 Å². The van der Waals surface area contributed by atoms with E-state index in [4.69, 9.17) is 0 Å². The number of hydrazine groups is 1. The first-order valence-corrected chi connectivity index (χ1v) is 17.3. The Kier molecular flexibility index (Phi) is 7.37. The number of hydrogen-bond donors (Lipinski definition) is 2. The summed E-state index contributed by atoms with van der Waals surface area (Å²) < 4.78 is 0.829. The summed E-state index contributed by atoms with van der Waals surface area (Å²) in [6.45, 7) is 3.77. The first-order chi connectivity index (χ1) is 23.6. The van der Waals surface area contributed by atoms with Crippen LogP contribution < -0.4 is 10.3 Å². The lowest BCUT2D eigenvalue weighted by Gasteiger charge is -2.50. The fourth-order valence-corrected chi connectivity index (χ4v) is 9.12. The number of fused-ring (bicyclic) bond motifs is 4. The SMILES string of the molecule is Cc1ccc(NN2C(=O)[C@@H]3C[C@@H]4C(=CC[C@@H]5C(=O)N(c6ccc(Br)cc6)C(=O)[C@@H]54)[C@H](c4cccc(C)c4O)[C@]3(c3ccccc3)C2=O)cc1. The van der Waals surface area contributed by atoms with Crippen LogP contribution in [0.15, 0.2) is 113 Å². The van der Waals surface area contributed by atoms with Crippen molar-refractivity contribution in [2.75, 3.05) is 10.3 Å². The molecule has 8 nitrogen and oxygen atoms in total. The number of halogens is 1. The lowest BCUT2D eigenvalue weighted by molar-refractivity contribution is -0.138. The first-order valence-electron chi connectivity index (χ1n) is 16.5. The number of para-hydroxylation sites is 1. The van der Waals surface area contributed by atoms with Crippen LogP contribution in [0.1, 0.15) is 41.0 Å². The molecular formula is C40H34BrN3O5. The van der Waals surface area contributed by atoms with E-state index >= 15 is 4.79 Å². The van der Waals surface area contributed by atoms with Gasteiger partial charge in [0.05, 0.1) is 34.5 Å². The highest BCUT2D eigenvalue weighted by molar-refractivity contribution is 9.10. The van der Waals surface area contributed by atoms with Crippen molar-refractivity contribution >= 4 is 50.9 Å². The minimum Gasteiger partial charge on any atom is -0.507 e. The van der Waals surface area contributed by atoms with Gasteiger partial charge in [-0.15, -0.1) is 0 Å². The second-order valence-electron chi connectivity index (χ2n) is 13.6. The maximum atomic E-state index is 15.2. The molecule has 8 rings (SSSR count). The number of aryl methyl sites for hydroxylation is 2. The molecule has 6 atom stereocenters. The maximum absolute atomic E-state index is 15.2. The lowest BCUT2D eigenvalue weighted by Crippen LogP contribution is -2.53. The normalized spacial score (nSPS) is 27.5. The molecule has 4 aromatic rings. The van der Waals surface area contributed by atoms with Crippen molar-refractivity contribution in [1.82, 2.24) is 5.01 Å². The van der Waals surface area contributed by atoms with Crippen LogP contribution in [0.3, 0.4) is 0 Å². The Hall–Kier alpha value is -5.02. The first kappa shape index (κ1) is 31.3. The Morgan fingerprint density at radius 1 is 0.796 bits per heavy atom. The predicted octanol–water partition coefficient (Wildman–Crippen LogP) is 6.96. The average molecular weight is 717 g/mol. The quantitative estimate of drug-likeness (QED) is 0.171. The Balaban J connectivity index is 1.33. The van der Waals surface area contributed by atoms with Gasteiger partial charge in [0.15, 0.2) is 0 Å². The highest BCUT2D eigenvalue weighted by Crippen LogP contribution is 2.65. The van der Waals surface area contributed by atoms with Gasteiger partial charge in [-0.3, -0.25) is 29.5 Å². The van der Waals surface area contributed by atoms with Crippen LogP contribution in [-0.4, -0.2) is 33.7 Å². The van der Waals surface area contributed by atoms with Crippen molar-refractivity contribution in [3.63, 3.8) is 0 Å². The van der Waals surface area contributed by atoms with Gasteiger partial charge in [-0.1, -0.05) is 93.8 Å². The standard InChI is InChI=1S/C40H34BrN3O5/c1-22-11-15-26(16-12-22)42-44-37(47)32-21-31-28(19-20-29-33(31)38(48)43(36(29)46)27-17-13-25(41)14-18-27)34(30-10-6-7-23(2)35(30)45)40(32,39(44)49)24-8-4-3-5-9-24/h3-19,29,31-34,42,45H,20-21H2,1-2H3/t29-,31+,32-,33-,34+,40+/m0/s1. The van der Waals surface area contributed by atoms with E-state index < -0.39 is 46.8 Å². The maximum Gasteiger partial charge on any atom is 0.260 e. The monoisotopic (exact) mass is 715 g/mol. The minimum absolute atomic E-state index is 0.0423. The number of phenolic OH excluding ortho intramolecular Hbond substituents is 1. The number of nitrogens with zero attached hydrogens (tertiary/aromatic N) is 2. The summed E-state index contributed by atoms with van der Waals surface area (Å²) >= 11 is 3.43. The topological polar surface area (TPSA) is 107 Å². The zero-order valence-electron chi connectivity index (χ0n) is 27.0. The highest BCUT2D eigenvalue weighted by atomic mass is 79.9. The lowest BCUT2D eigenvalue weighted by atomic mass is 9.49. The van der Waals surface area contributed by atoms with E-state index in [0.717, 1.165) is 20.6 Å². The molecule has 49 heavy (non-hydrogen) atoms. The van der Waals surface area contributed by atoms with Crippen molar-refractivity contribution in [2.24, 2.45) is 23.7 Å². The molecule has 0 spiro atoms. The molecule has 4 aliphatic rings. The van der Waals surface area contributed by atoms with E-state index in [2.05, 4.69) is 21.4 Å². The van der Waals surface area contributed by atoms with Crippen molar-refractivity contribution < 1.29 is 24.3 Å². The summed E-state index contributed by atoms with van der Waals surface area (Å²) in [6, 6.07) is 29.3. The van der Waals surface area contributed by atoms with Crippen molar-refractivity contribution in [3.8, 4) is 5.75 Å². The third kappa shape index (κ3) is 4.55. The van der Waals surface area contributed by atoms with E-state index in [1.54, 1.807) is 37.3 Å². The third-order valence-corrected chi connectivity index (χ3v) is 11.6. The number of anilines is 2. The molecule has 2 heterocycles. The number of rotatable bonds is 5. The molecule has 0 radical (unpaired) electrons. The van der Waals surface area contributed by atoms with Crippen molar-refractivity contribution in [3.05, 3.63) is 135 Å². The number of carbonyl (C=O) groups is 4. The number of phenols is 1. The van der Waals surface area contributed by atoms with Gasteiger partial charge < -0.3 is 5.11 Å². The van der Waals surface area contributed by atoms with E-state index in [1.165, 1.54) is 4.90 Å². The molecule has 0 bridgehead atoms. The zero-order chi connectivity index (χ0) is 34.2. The number of hydrogen-bond acceptors (Lipinski definition) is 6. The summed E-state index contributed by atoms with van der Waals surface area (Å²) in [4.78, 5) is 59.6. The number of carbonyl (C=O) groups excluding carboxylic acids is 4. The fourth-order valence-electron chi connectivity index (χ4n) is 8.85. The number of aromatic hydroxyl groups is 1. The Bertz CT molecular complexity index is 2060. The molecule has 4 amide bonds. The van der Waals surface area contributed by atoms with E-state index in [0.29, 0.717) is 34.5 Å². The summed E-state index contributed by atoms with van der Waals surface area (Å²) in [5.74, 6) is -4.88. The second-order valence-corrected chi connectivity index (χ2v) is 14.5. The average Bonchev–Trinajstić information content (AvgIpc) is 3.49. The van der Waals surface area contributed by atoms with Crippen LogP contribution in [0.25, 0.3) is 0 Å². The van der Waals surface area contributed by atoms with Gasteiger partial charge >= 0.3 is 0 Å². The zero-order valence-corrected chi connectivity index (χ0v) is 28.6. The van der Waals surface area contributed by atoms with Gasteiger partial charge in [-0.05, 0) is 80.1 Å². The number of nitrogens with one attached hydrogen (secondary N) is 1. The van der Waals surface area contributed by atoms with Gasteiger partial charge in [0.2, 0.25) is 11.8 Å². The molecule has 0 unspecified atom stereocenters. The van der Waals surface area contributed by atoms with E-state index in [1.807, 2.05) is 79.7 Å². The van der Waals surface area contributed by atoms with Crippen molar-refractivity contribution in [1.29, 1.82) is 0 Å². The number of imide groups is 2. The number of allylic oxidation sites excluding steroid dienone is 2. The molecule has 246 valence electrons. The van der Waals surface area contributed by atoms with Crippen LogP contribution in [0.5, 0.6) is 5.75 Å². The molecule has 3 fully saturated rings. The van der Waals surface area contributed by atoms with Crippen molar-refractivity contribution in [2.45, 2.75) is 38.0 Å². The van der Waals surface area contributed by atoms with Gasteiger partial charge in [0, 0.05) is 16.0 Å². The summed E-state index contributed by atoms with van der Waals surface area (Å²) in [7, 11) is 0. The number of benzene rings is 4. The molecule has 1 saturated carbocycles. The fraction of sp³-hybridized carbons (Fsp3) is 0.250. The predicted molar refractivity (Wildman–Crippen MR) is 188 cm³/mol. The van der Waals surface area contributed by atoms with Crippen LogP contribution in [0.4, 0.5) is 11.4 Å². The Morgan fingerprint density at radius 2 is 1.51 bits per heavy atom. The van der Waals surface area contributed by atoms with E-state index in [9.17, 15) is 19.5 Å². The largest absolute Gasteiger partial charge is 0.507 e. The summed E-state index contributed by atoms with van der Waals surface area (Å²) in [5.41, 5.74) is 6.40. The molecule has 4 aromatic carbocycles. The smallest absolute Gasteiger partial charge is 0.260 e. The highest BCUT2D eigenvalue weighted by Gasteiger charge is 2.70. The molecule has 2 N–H and O–H groups in total. The summed E-state index contributed by atoms with van der Waals surface area (Å²) in [6.07, 6.45) is 2.50. The van der Waals surface area contributed by atoms with Crippen LogP contribution in [0, 0.1) is 37.5 Å². The second kappa shape index (κ2) is 11.6. The molecule has 2 aliphatic carbocycles. The molecule has 0 aromatic heterocycles. The van der Waals surface area contributed by atoms with Crippen LogP contribution in [0.2, 0.25) is 0 Å². The molecule has 2 aliphatic heterocycles. The summed E-state index contributed by atoms with van der Waals surface area (Å²) in [5, 5.41) is 12.8. The van der Waals surface area contributed by atoms with Gasteiger partial charge in [-0.2, -0.15) is 5.01 Å². The Labute approximate surface area is 292 Å².